The van der Waals surface area contributed by atoms with Crippen LogP contribution in [0.5, 0.6) is 0 Å². The van der Waals surface area contributed by atoms with Crippen LogP contribution in [0.1, 0.15) is 28.7 Å². The molecule has 1 heterocycles. The minimum atomic E-state index is -0.501. The number of nitrogens with one attached hydrogen (secondary N) is 1. The van der Waals surface area contributed by atoms with E-state index in [1.54, 1.807) is 11.0 Å². The van der Waals surface area contributed by atoms with Gasteiger partial charge in [-0.15, -0.1) is 6.58 Å². The summed E-state index contributed by atoms with van der Waals surface area (Å²) >= 11 is 1.34. The number of amidine groups is 1. The molecule has 2 aromatic carbocycles. The highest BCUT2D eigenvalue weighted by molar-refractivity contribution is 8.15. The summed E-state index contributed by atoms with van der Waals surface area (Å²) in [4.78, 5) is 32.0. The summed E-state index contributed by atoms with van der Waals surface area (Å²) in [6, 6.07) is 11.8. The molecule has 1 aliphatic heterocycles. The maximum Gasteiger partial charge on any atom is 0.242 e. The summed E-state index contributed by atoms with van der Waals surface area (Å²) < 4.78 is 0. The number of nitrogens with zero attached hydrogens (tertiary/aromatic N) is 2. The lowest BCUT2D eigenvalue weighted by Gasteiger charge is -2.14. The van der Waals surface area contributed by atoms with E-state index in [-0.39, 0.29) is 18.2 Å². The first-order chi connectivity index (χ1) is 14.3. The van der Waals surface area contributed by atoms with Gasteiger partial charge in [-0.05, 0) is 62.1 Å². The van der Waals surface area contributed by atoms with Crippen LogP contribution in [0.25, 0.3) is 0 Å². The molecule has 3 rings (SSSR count). The fourth-order valence-electron chi connectivity index (χ4n) is 3.22. The Morgan fingerprint density at radius 3 is 2.70 bits per heavy atom. The number of aliphatic imine (C=N–C) groups is 1. The monoisotopic (exact) mass is 421 g/mol. The Bertz CT molecular complexity index is 1030. The van der Waals surface area contributed by atoms with Crippen molar-refractivity contribution >= 4 is 40.1 Å². The topological polar surface area (TPSA) is 61.8 Å². The molecule has 1 N–H and O–H groups in total. The SMILES string of the molecule is C=CCN1C(=O)C(CC(=O)Nc2cc(C)ccc2C)SC1=Nc1cccc(C)c1C. The third-order valence-corrected chi connectivity index (χ3v) is 6.34. The van der Waals surface area contributed by atoms with Gasteiger partial charge in [0.2, 0.25) is 11.8 Å². The number of carbonyl (C=O) groups is 2. The van der Waals surface area contributed by atoms with Crippen LogP contribution in [0.4, 0.5) is 11.4 Å². The molecule has 2 amide bonds. The van der Waals surface area contributed by atoms with Crippen LogP contribution in [0.15, 0.2) is 54.0 Å². The lowest BCUT2D eigenvalue weighted by atomic mass is 10.1. The normalized spacial score (nSPS) is 17.5. The number of aryl methyl sites for hydroxylation is 3. The molecule has 2 aromatic rings. The van der Waals surface area contributed by atoms with Crippen LogP contribution in [0.2, 0.25) is 0 Å². The number of rotatable bonds is 6. The Morgan fingerprint density at radius 2 is 1.97 bits per heavy atom. The molecule has 0 saturated carbocycles. The first kappa shape index (κ1) is 21.8. The van der Waals surface area contributed by atoms with E-state index in [1.807, 2.05) is 64.1 Å². The van der Waals surface area contributed by atoms with E-state index in [9.17, 15) is 9.59 Å². The number of benzene rings is 2. The van der Waals surface area contributed by atoms with Gasteiger partial charge >= 0.3 is 0 Å². The van der Waals surface area contributed by atoms with Crippen molar-refractivity contribution in [3.63, 3.8) is 0 Å². The molecule has 1 atom stereocenters. The van der Waals surface area contributed by atoms with Gasteiger partial charge in [0, 0.05) is 18.7 Å². The second-order valence-corrected chi connectivity index (χ2v) is 8.70. The molecule has 0 aliphatic carbocycles. The van der Waals surface area contributed by atoms with Crippen molar-refractivity contribution in [1.29, 1.82) is 0 Å². The van der Waals surface area contributed by atoms with Crippen molar-refractivity contribution in [3.8, 4) is 0 Å². The quantitative estimate of drug-likeness (QED) is 0.663. The zero-order chi connectivity index (χ0) is 21.8. The van der Waals surface area contributed by atoms with Crippen molar-refractivity contribution in [2.75, 3.05) is 11.9 Å². The van der Waals surface area contributed by atoms with Crippen LogP contribution in [0.3, 0.4) is 0 Å². The molecule has 5 nitrogen and oxygen atoms in total. The standard InChI is InChI=1S/C24H27N3O2S/c1-6-12-27-23(29)21(14-22(28)25-20-13-15(2)10-11-17(20)4)30-24(27)26-19-9-7-8-16(3)18(19)5/h6-11,13,21H,1,12,14H2,2-5H3,(H,25,28). The average molecular weight is 422 g/mol. The molecule has 1 fully saturated rings. The van der Waals surface area contributed by atoms with Gasteiger partial charge in [-0.1, -0.05) is 42.1 Å². The molecule has 30 heavy (non-hydrogen) atoms. The third-order valence-electron chi connectivity index (χ3n) is 5.16. The number of anilines is 1. The lowest BCUT2D eigenvalue weighted by molar-refractivity contribution is -0.127. The van der Waals surface area contributed by atoms with Gasteiger partial charge in [-0.25, -0.2) is 4.99 Å². The fraction of sp³-hybridized carbons (Fsp3) is 0.292. The summed E-state index contributed by atoms with van der Waals surface area (Å²) in [5.41, 5.74) is 5.90. The van der Waals surface area contributed by atoms with Crippen molar-refractivity contribution in [2.24, 2.45) is 4.99 Å². The molecular formula is C24H27N3O2S. The molecule has 0 spiro atoms. The van der Waals surface area contributed by atoms with E-state index in [0.717, 1.165) is 33.6 Å². The van der Waals surface area contributed by atoms with Gasteiger partial charge in [0.1, 0.15) is 5.25 Å². The van der Waals surface area contributed by atoms with E-state index in [2.05, 4.69) is 11.9 Å². The number of carbonyl (C=O) groups excluding carboxylic acids is 2. The Balaban J connectivity index is 1.79. The van der Waals surface area contributed by atoms with E-state index < -0.39 is 5.25 Å². The summed E-state index contributed by atoms with van der Waals surface area (Å²) in [5, 5.41) is 3.05. The zero-order valence-corrected chi connectivity index (χ0v) is 18.7. The smallest absolute Gasteiger partial charge is 0.242 e. The second-order valence-electron chi connectivity index (χ2n) is 7.53. The van der Waals surface area contributed by atoms with Gasteiger partial charge in [0.15, 0.2) is 5.17 Å². The van der Waals surface area contributed by atoms with Crippen LogP contribution < -0.4 is 5.32 Å². The highest BCUT2D eigenvalue weighted by Gasteiger charge is 2.38. The Hall–Kier alpha value is -2.86. The largest absolute Gasteiger partial charge is 0.326 e. The van der Waals surface area contributed by atoms with Gasteiger partial charge in [-0.2, -0.15) is 0 Å². The minimum Gasteiger partial charge on any atom is -0.326 e. The fourth-order valence-corrected chi connectivity index (χ4v) is 4.38. The van der Waals surface area contributed by atoms with Gasteiger partial charge in [0.25, 0.3) is 0 Å². The van der Waals surface area contributed by atoms with E-state index in [0.29, 0.717) is 11.7 Å². The summed E-state index contributed by atoms with van der Waals surface area (Å²) in [5.74, 6) is -0.291. The third kappa shape index (κ3) is 4.82. The van der Waals surface area contributed by atoms with E-state index in [4.69, 9.17) is 4.99 Å². The molecule has 156 valence electrons. The molecular weight excluding hydrogens is 394 g/mol. The molecule has 0 aromatic heterocycles. The van der Waals surface area contributed by atoms with Gasteiger partial charge in [0.05, 0.1) is 5.69 Å². The van der Waals surface area contributed by atoms with Crippen molar-refractivity contribution in [2.45, 2.75) is 39.4 Å². The summed E-state index contributed by atoms with van der Waals surface area (Å²) in [7, 11) is 0. The first-order valence-corrected chi connectivity index (χ1v) is 10.8. The Morgan fingerprint density at radius 1 is 1.20 bits per heavy atom. The molecule has 0 radical (unpaired) electrons. The van der Waals surface area contributed by atoms with E-state index >= 15 is 0 Å². The number of thioether (sulfide) groups is 1. The average Bonchev–Trinajstić information content (AvgIpc) is 2.97. The van der Waals surface area contributed by atoms with Crippen molar-refractivity contribution in [1.82, 2.24) is 4.90 Å². The zero-order valence-electron chi connectivity index (χ0n) is 17.9. The van der Waals surface area contributed by atoms with Crippen LogP contribution in [-0.2, 0) is 9.59 Å². The van der Waals surface area contributed by atoms with E-state index in [1.165, 1.54) is 11.8 Å². The van der Waals surface area contributed by atoms with Crippen LogP contribution >= 0.6 is 11.8 Å². The maximum atomic E-state index is 13.0. The molecule has 1 saturated heterocycles. The molecule has 6 heteroatoms. The first-order valence-electron chi connectivity index (χ1n) is 9.91. The number of hydrogen-bond acceptors (Lipinski definition) is 4. The summed E-state index contributed by atoms with van der Waals surface area (Å²) in [6.07, 6.45) is 1.77. The predicted octanol–water partition coefficient (Wildman–Crippen LogP) is 5.07. The number of amides is 2. The predicted molar refractivity (Wildman–Crippen MR) is 125 cm³/mol. The lowest BCUT2D eigenvalue weighted by Crippen LogP contribution is -2.33. The summed E-state index contributed by atoms with van der Waals surface area (Å²) in [6.45, 7) is 12.1. The molecule has 1 aliphatic rings. The number of hydrogen-bond donors (Lipinski definition) is 1. The van der Waals surface area contributed by atoms with Crippen LogP contribution in [0, 0.1) is 27.7 Å². The highest BCUT2D eigenvalue weighted by Crippen LogP contribution is 2.33. The highest BCUT2D eigenvalue weighted by atomic mass is 32.2. The Kier molecular flexibility index (Phi) is 6.77. The van der Waals surface area contributed by atoms with Crippen molar-refractivity contribution in [3.05, 3.63) is 71.3 Å². The Labute approximate surface area is 182 Å². The second kappa shape index (κ2) is 9.30. The van der Waals surface area contributed by atoms with Crippen LogP contribution in [-0.4, -0.2) is 33.7 Å². The molecule has 0 bridgehead atoms. The van der Waals surface area contributed by atoms with Crippen molar-refractivity contribution < 1.29 is 9.59 Å². The maximum absolute atomic E-state index is 13.0. The molecule has 1 unspecified atom stereocenters. The van der Waals surface area contributed by atoms with Gasteiger partial charge < -0.3 is 5.32 Å². The van der Waals surface area contributed by atoms with Gasteiger partial charge in [-0.3, -0.25) is 14.5 Å². The minimum absolute atomic E-state index is 0.0936.